The van der Waals surface area contributed by atoms with Gasteiger partial charge in [0, 0.05) is 0 Å². The fourth-order valence-corrected chi connectivity index (χ4v) is 7.22. The molecule has 0 radical (unpaired) electrons. The molecule has 0 aromatic heterocycles. The maximum atomic E-state index is 5.91. The summed E-state index contributed by atoms with van der Waals surface area (Å²) in [6, 6.07) is 19.9. The molecule has 0 saturated heterocycles. The first kappa shape index (κ1) is 28.7. The van der Waals surface area contributed by atoms with E-state index in [1.165, 1.54) is 55.6 Å². The van der Waals surface area contributed by atoms with Crippen molar-refractivity contribution >= 4 is 0 Å². The molecule has 220 valence electrons. The summed E-state index contributed by atoms with van der Waals surface area (Å²) < 4.78 is 23.2. The van der Waals surface area contributed by atoms with Crippen LogP contribution in [0.15, 0.2) is 78.4 Å². The van der Waals surface area contributed by atoms with E-state index in [-0.39, 0.29) is 0 Å². The molecule has 2 aliphatic carbocycles. The van der Waals surface area contributed by atoms with Gasteiger partial charge in [0.2, 0.25) is 0 Å². The van der Waals surface area contributed by atoms with Crippen LogP contribution < -0.4 is 18.9 Å². The minimum atomic E-state index is -0.644. The molecule has 4 aromatic carbocycles. The molecular formula is C39H40O4. The molecule has 0 aliphatic heterocycles. The molecule has 0 fully saturated rings. The van der Waals surface area contributed by atoms with Crippen LogP contribution in [0.25, 0.3) is 11.1 Å². The predicted octanol–water partition coefficient (Wildman–Crippen LogP) is 8.75. The Hall–Kier alpha value is -4.44. The fourth-order valence-electron chi connectivity index (χ4n) is 7.22. The van der Waals surface area contributed by atoms with Crippen LogP contribution in [0.4, 0.5) is 0 Å². The zero-order valence-electron chi connectivity index (χ0n) is 26.5. The first-order valence-electron chi connectivity index (χ1n) is 14.8. The van der Waals surface area contributed by atoms with Gasteiger partial charge in [-0.3, -0.25) is 0 Å². The van der Waals surface area contributed by atoms with Crippen molar-refractivity contribution in [3.05, 3.63) is 128 Å². The molecule has 0 heterocycles. The van der Waals surface area contributed by atoms with Gasteiger partial charge in [-0.15, -0.1) is 0 Å². The van der Waals surface area contributed by atoms with Crippen LogP contribution in [0.3, 0.4) is 0 Å². The van der Waals surface area contributed by atoms with Crippen LogP contribution in [0.1, 0.15) is 56.5 Å². The molecule has 0 saturated carbocycles. The lowest BCUT2D eigenvalue weighted by Crippen LogP contribution is -2.34. The van der Waals surface area contributed by atoms with E-state index >= 15 is 0 Å². The Morgan fingerprint density at radius 1 is 0.605 bits per heavy atom. The third kappa shape index (κ3) is 4.34. The molecule has 2 aliphatic rings. The molecule has 0 amide bonds. The van der Waals surface area contributed by atoms with Gasteiger partial charge in [0.15, 0.2) is 23.0 Å². The van der Waals surface area contributed by atoms with Crippen LogP contribution >= 0.6 is 0 Å². The number of methoxy groups -OCH3 is 4. The van der Waals surface area contributed by atoms with Crippen LogP contribution in [0.5, 0.6) is 23.0 Å². The van der Waals surface area contributed by atoms with E-state index in [4.69, 9.17) is 18.9 Å². The van der Waals surface area contributed by atoms with Gasteiger partial charge in [-0.05, 0) is 132 Å². The van der Waals surface area contributed by atoms with Crippen molar-refractivity contribution < 1.29 is 18.9 Å². The molecule has 0 bridgehead atoms. The molecular weight excluding hydrogens is 532 g/mol. The molecule has 43 heavy (non-hydrogen) atoms. The highest BCUT2D eigenvalue weighted by Gasteiger charge is 2.45. The SMILES string of the molecule is COc1ccc(C(C2=CC=CC2)(c2ccc(OC)c(OC)c2)c2c(C)c(C)cc3c2Cc2cc(C)c(C)cc2-3)cc1OC. The number of allylic oxidation sites excluding steroid dienone is 4. The summed E-state index contributed by atoms with van der Waals surface area (Å²) in [4.78, 5) is 0. The Labute approximate surface area is 255 Å². The monoisotopic (exact) mass is 572 g/mol. The molecule has 4 aromatic rings. The van der Waals surface area contributed by atoms with Gasteiger partial charge in [0.25, 0.3) is 0 Å². The van der Waals surface area contributed by atoms with Crippen molar-refractivity contribution in [1.29, 1.82) is 0 Å². The lowest BCUT2D eigenvalue weighted by atomic mass is 9.61. The largest absolute Gasteiger partial charge is 0.493 e. The number of benzene rings is 4. The second-order valence-electron chi connectivity index (χ2n) is 11.7. The van der Waals surface area contributed by atoms with E-state index < -0.39 is 5.41 Å². The Bertz CT molecular complexity index is 1750. The van der Waals surface area contributed by atoms with Gasteiger partial charge in [0.05, 0.1) is 33.9 Å². The number of fused-ring (bicyclic) bond motifs is 3. The first-order valence-corrected chi connectivity index (χ1v) is 14.8. The summed E-state index contributed by atoms with van der Waals surface area (Å²) in [5.74, 6) is 2.81. The Morgan fingerprint density at radius 3 is 1.70 bits per heavy atom. The van der Waals surface area contributed by atoms with Crippen LogP contribution in [-0.4, -0.2) is 28.4 Å². The normalized spacial score (nSPS) is 13.4. The Morgan fingerprint density at radius 2 is 1.16 bits per heavy atom. The molecule has 4 nitrogen and oxygen atoms in total. The number of aryl methyl sites for hydroxylation is 3. The lowest BCUT2D eigenvalue weighted by molar-refractivity contribution is 0.353. The maximum Gasteiger partial charge on any atom is 0.161 e. The zero-order chi connectivity index (χ0) is 30.5. The van der Waals surface area contributed by atoms with Crippen molar-refractivity contribution in [3.8, 4) is 34.1 Å². The predicted molar refractivity (Wildman–Crippen MR) is 174 cm³/mol. The highest BCUT2D eigenvalue weighted by molar-refractivity contribution is 5.83. The molecule has 0 unspecified atom stereocenters. The van der Waals surface area contributed by atoms with Crippen molar-refractivity contribution in [1.82, 2.24) is 0 Å². The third-order valence-corrected chi connectivity index (χ3v) is 9.59. The maximum absolute atomic E-state index is 5.91. The summed E-state index contributed by atoms with van der Waals surface area (Å²) in [5, 5.41) is 0. The quantitative estimate of drug-likeness (QED) is 0.174. The van der Waals surface area contributed by atoms with Crippen molar-refractivity contribution in [2.75, 3.05) is 28.4 Å². The van der Waals surface area contributed by atoms with Crippen LogP contribution in [0.2, 0.25) is 0 Å². The summed E-state index contributed by atoms with van der Waals surface area (Å²) in [5.41, 5.74) is 14.9. The molecule has 0 atom stereocenters. The number of rotatable bonds is 8. The van der Waals surface area contributed by atoms with E-state index in [1.807, 2.05) is 12.1 Å². The average Bonchev–Trinajstić information content (AvgIpc) is 3.68. The topological polar surface area (TPSA) is 36.9 Å². The molecule has 4 heteroatoms. The van der Waals surface area contributed by atoms with Gasteiger partial charge in [-0.25, -0.2) is 0 Å². The van der Waals surface area contributed by atoms with Gasteiger partial charge in [-0.2, -0.15) is 0 Å². The van der Waals surface area contributed by atoms with Gasteiger partial charge >= 0.3 is 0 Å². The minimum absolute atomic E-state index is 0.644. The zero-order valence-corrected chi connectivity index (χ0v) is 26.5. The lowest BCUT2D eigenvalue weighted by Gasteiger charge is -2.41. The number of hydrogen-bond acceptors (Lipinski definition) is 4. The molecule has 6 rings (SSSR count). The van der Waals surface area contributed by atoms with E-state index in [2.05, 4.69) is 88.4 Å². The highest BCUT2D eigenvalue weighted by Crippen LogP contribution is 2.55. The van der Waals surface area contributed by atoms with Crippen molar-refractivity contribution in [2.45, 2.75) is 46.0 Å². The van der Waals surface area contributed by atoms with E-state index in [9.17, 15) is 0 Å². The average molecular weight is 573 g/mol. The van der Waals surface area contributed by atoms with Crippen molar-refractivity contribution in [2.24, 2.45) is 0 Å². The molecule has 0 N–H and O–H groups in total. The number of hydrogen-bond donors (Lipinski definition) is 0. The number of ether oxygens (including phenoxy) is 4. The summed E-state index contributed by atoms with van der Waals surface area (Å²) in [6.45, 7) is 8.95. The van der Waals surface area contributed by atoms with Gasteiger partial charge in [-0.1, -0.05) is 48.6 Å². The second kappa shape index (κ2) is 11.0. The smallest absolute Gasteiger partial charge is 0.161 e. The fraction of sp³-hybridized carbons (Fsp3) is 0.282. The summed E-state index contributed by atoms with van der Waals surface area (Å²) in [6.07, 6.45) is 8.43. The minimum Gasteiger partial charge on any atom is -0.493 e. The Balaban J connectivity index is 1.79. The van der Waals surface area contributed by atoms with Crippen molar-refractivity contribution in [3.63, 3.8) is 0 Å². The summed E-state index contributed by atoms with van der Waals surface area (Å²) >= 11 is 0. The second-order valence-corrected chi connectivity index (χ2v) is 11.7. The van der Waals surface area contributed by atoms with E-state index in [0.717, 1.165) is 24.0 Å². The van der Waals surface area contributed by atoms with Crippen LogP contribution in [0, 0.1) is 27.7 Å². The third-order valence-electron chi connectivity index (χ3n) is 9.59. The standard InChI is InChI=1S/C39H40O4/c1-23-17-27-20-33-32(31(27)18-24(23)2)19-25(3)26(4)38(33)39(28-11-9-10-12-28,29-13-15-34(40-5)36(21-29)42-7)30-14-16-35(41-6)37(22-30)43-8/h9-11,13-19,21-22H,12,20H2,1-8H3. The molecule has 0 spiro atoms. The van der Waals surface area contributed by atoms with Crippen LogP contribution in [-0.2, 0) is 11.8 Å². The van der Waals surface area contributed by atoms with Gasteiger partial charge in [0.1, 0.15) is 0 Å². The van der Waals surface area contributed by atoms with E-state index in [1.54, 1.807) is 28.4 Å². The van der Waals surface area contributed by atoms with E-state index in [0.29, 0.717) is 23.0 Å². The highest BCUT2D eigenvalue weighted by atomic mass is 16.5. The van der Waals surface area contributed by atoms with Gasteiger partial charge < -0.3 is 18.9 Å². The first-order chi connectivity index (χ1) is 20.8. The summed E-state index contributed by atoms with van der Waals surface area (Å²) in [7, 11) is 6.77. The Kier molecular flexibility index (Phi) is 7.33.